The van der Waals surface area contributed by atoms with E-state index in [0.29, 0.717) is 0 Å². The Hall–Kier alpha value is -2.37. The molecule has 1 aromatic rings. The van der Waals surface area contributed by atoms with E-state index in [9.17, 15) is 31.1 Å². The summed E-state index contributed by atoms with van der Waals surface area (Å²) in [5.74, 6) is 0.914. The molecule has 0 unspecified atom stereocenters. The quantitative estimate of drug-likeness (QED) is 0.360. The Morgan fingerprint density at radius 3 is 1.90 bits per heavy atom. The van der Waals surface area contributed by atoms with Crippen molar-refractivity contribution in [2.45, 2.75) is 12.4 Å². The molecule has 0 radical (unpaired) electrons. The topological polar surface area (TPSA) is 35.5 Å². The van der Waals surface area contributed by atoms with Crippen molar-refractivity contribution in [3.63, 3.8) is 0 Å². The number of benzene rings is 1. The molecular formula is C12H6F6O3. The number of ether oxygens (including phenoxy) is 2. The van der Waals surface area contributed by atoms with Crippen LogP contribution in [0.4, 0.5) is 31.1 Å². The molecular weight excluding hydrogens is 306 g/mol. The van der Waals surface area contributed by atoms with E-state index in [2.05, 4.69) is 9.47 Å². The van der Waals surface area contributed by atoms with Crippen LogP contribution in [0.5, 0.6) is 5.75 Å². The number of alkyl halides is 6. The van der Waals surface area contributed by atoms with Gasteiger partial charge in [-0.15, -0.1) is 6.42 Å². The van der Waals surface area contributed by atoms with Crippen molar-refractivity contribution >= 4 is 6.16 Å². The molecule has 0 saturated heterocycles. The van der Waals surface area contributed by atoms with Crippen molar-refractivity contribution in [3.05, 3.63) is 29.3 Å². The molecule has 0 atom stereocenters. The predicted octanol–water partition coefficient (Wildman–Crippen LogP) is 3.87. The fourth-order valence-corrected chi connectivity index (χ4v) is 1.21. The van der Waals surface area contributed by atoms with Gasteiger partial charge in [0, 0.05) is 0 Å². The van der Waals surface area contributed by atoms with E-state index >= 15 is 0 Å². The molecule has 21 heavy (non-hydrogen) atoms. The molecule has 0 heterocycles. The van der Waals surface area contributed by atoms with Crippen LogP contribution in [0, 0.1) is 12.3 Å². The van der Waals surface area contributed by atoms with Crippen molar-refractivity contribution in [2.24, 2.45) is 0 Å². The summed E-state index contributed by atoms with van der Waals surface area (Å²) in [5, 5.41) is 0. The summed E-state index contributed by atoms with van der Waals surface area (Å²) in [6.07, 6.45) is -6.84. The van der Waals surface area contributed by atoms with Gasteiger partial charge in [-0.1, -0.05) is 5.92 Å². The number of carbonyl (C=O) groups is 1. The van der Waals surface area contributed by atoms with Crippen LogP contribution in [-0.4, -0.2) is 12.8 Å². The normalized spacial score (nSPS) is 11.7. The minimum atomic E-state index is -5.04. The van der Waals surface area contributed by atoms with E-state index in [1.54, 1.807) is 0 Å². The highest BCUT2D eigenvalue weighted by molar-refractivity contribution is 5.64. The lowest BCUT2D eigenvalue weighted by atomic mass is 10.1. The number of terminal acetylenes is 1. The number of carbonyl (C=O) groups excluding carboxylic acids is 1. The van der Waals surface area contributed by atoms with Crippen LogP contribution >= 0.6 is 0 Å². The van der Waals surface area contributed by atoms with E-state index < -0.39 is 42.0 Å². The smallest absolute Gasteiger partial charge is 0.421 e. The molecule has 0 fully saturated rings. The zero-order valence-corrected chi connectivity index (χ0v) is 10.0. The second-order valence-electron chi connectivity index (χ2n) is 3.59. The van der Waals surface area contributed by atoms with E-state index in [-0.39, 0.29) is 18.2 Å². The summed E-state index contributed by atoms with van der Waals surface area (Å²) in [6.45, 7) is -0.538. The van der Waals surface area contributed by atoms with Gasteiger partial charge in [-0.05, 0) is 18.2 Å². The average molecular weight is 312 g/mol. The maximum absolute atomic E-state index is 12.5. The monoisotopic (exact) mass is 312 g/mol. The van der Waals surface area contributed by atoms with Crippen LogP contribution in [0.1, 0.15) is 11.1 Å². The Bertz CT molecular complexity index is 536. The predicted molar refractivity (Wildman–Crippen MR) is 57.3 cm³/mol. The van der Waals surface area contributed by atoms with Crippen molar-refractivity contribution in [3.8, 4) is 18.1 Å². The Balaban J connectivity index is 3.15. The SMILES string of the molecule is C#CCOC(=O)Oc1cc(C(F)(F)F)cc(C(F)(F)F)c1. The molecule has 0 N–H and O–H groups in total. The second kappa shape index (κ2) is 5.95. The Morgan fingerprint density at radius 1 is 1.05 bits per heavy atom. The number of rotatable bonds is 2. The third-order valence-corrected chi connectivity index (χ3v) is 2.04. The standard InChI is InChI=1S/C12H6F6O3/c1-2-3-20-10(19)21-9-5-7(11(13,14)15)4-8(6-9)12(16,17)18/h1,4-6H,3H2. The Labute approximate surface area is 114 Å². The summed E-state index contributed by atoms with van der Waals surface area (Å²) in [6, 6.07) is 0.387. The molecule has 114 valence electrons. The summed E-state index contributed by atoms with van der Waals surface area (Å²) < 4.78 is 83.5. The lowest BCUT2D eigenvalue weighted by Gasteiger charge is -2.13. The third kappa shape index (κ3) is 4.91. The van der Waals surface area contributed by atoms with Gasteiger partial charge < -0.3 is 9.47 Å². The van der Waals surface area contributed by atoms with E-state index in [1.807, 2.05) is 5.92 Å². The first kappa shape index (κ1) is 16.7. The second-order valence-corrected chi connectivity index (χ2v) is 3.59. The van der Waals surface area contributed by atoms with Crippen LogP contribution in [-0.2, 0) is 17.1 Å². The highest BCUT2D eigenvalue weighted by atomic mass is 19.4. The number of hydrogen-bond donors (Lipinski definition) is 0. The first-order valence-electron chi connectivity index (χ1n) is 5.11. The van der Waals surface area contributed by atoms with Crippen molar-refractivity contribution in [2.75, 3.05) is 6.61 Å². The molecule has 0 bridgehead atoms. The van der Waals surface area contributed by atoms with Crippen LogP contribution in [0.3, 0.4) is 0 Å². The van der Waals surface area contributed by atoms with Gasteiger partial charge in [0.05, 0.1) is 11.1 Å². The van der Waals surface area contributed by atoms with E-state index in [0.717, 1.165) is 0 Å². The van der Waals surface area contributed by atoms with Crippen molar-refractivity contribution in [1.82, 2.24) is 0 Å². The number of hydrogen-bond acceptors (Lipinski definition) is 3. The zero-order chi connectivity index (χ0) is 16.3. The van der Waals surface area contributed by atoms with E-state index in [4.69, 9.17) is 6.42 Å². The van der Waals surface area contributed by atoms with Gasteiger partial charge in [0.15, 0.2) is 6.61 Å². The lowest BCUT2D eigenvalue weighted by Crippen LogP contribution is -2.14. The van der Waals surface area contributed by atoms with Crippen LogP contribution in [0.25, 0.3) is 0 Å². The van der Waals surface area contributed by atoms with Crippen molar-refractivity contribution in [1.29, 1.82) is 0 Å². The van der Waals surface area contributed by atoms with Gasteiger partial charge in [-0.2, -0.15) is 26.3 Å². The highest BCUT2D eigenvalue weighted by Gasteiger charge is 2.37. The van der Waals surface area contributed by atoms with Gasteiger partial charge >= 0.3 is 18.5 Å². The zero-order valence-electron chi connectivity index (χ0n) is 10.0. The molecule has 0 saturated carbocycles. The van der Waals surface area contributed by atoms with Crippen LogP contribution in [0.2, 0.25) is 0 Å². The lowest BCUT2D eigenvalue weighted by molar-refractivity contribution is -0.143. The van der Waals surface area contributed by atoms with Crippen molar-refractivity contribution < 1.29 is 40.6 Å². The minimum Gasteiger partial charge on any atom is -0.421 e. The maximum atomic E-state index is 12.5. The van der Waals surface area contributed by atoms with Gasteiger partial charge in [0.2, 0.25) is 0 Å². The molecule has 0 aliphatic rings. The summed E-state index contributed by atoms with van der Waals surface area (Å²) in [4.78, 5) is 11.0. The molecule has 0 amide bonds. The molecule has 9 heteroatoms. The Kier molecular flexibility index (Phi) is 4.73. The van der Waals surface area contributed by atoms with Gasteiger partial charge in [0.25, 0.3) is 0 Å². The van der Waals surface area contributed by atoms with Gasteiger partial charge in [-0.25, -0.2) is 4.79 Å². The number of halogens is 6. The highest BCUT2D eigenvalue weighted by Crippen LogP contribution is 2.38. The largest absolute Gasteiger partial charge is 0.514 e. The molecule has 3 nitrogen and oxygen atoms in total. The summed E-state index contributed by atoms with van der Waals surface area (Å²) in [7, 11) is 0. The average Bonchev–Trinajstić information content (AvgIpc) is 2.34. The molecule has 0 aliphatic carbocycles. The fraction of sp³-hybridized carbons (Fsp3) is 0.250. The van der Waals surface area contributed by atoms with Gasteiger partial charge in [0.1, 0.15) is 5.75 Å². The Morgan fingerprint density at radius 2 is 1.52 bits per heavy atom. The summed E-state index contributed by atoms with van der Waals surface area (Å²) >= 11 is 0. The molecule has 1 rings (SSSR count). The first-order valence-corrected chi connectivity index (χ1v) is 5.11. The molecule has 1 aromatic carbocycles. The first-order chi connectivity index (χ1) is 9.54. The minimum absolute atomic E-state index is 0.0976. The third-order valence-electron chi connectivity index (χ3n) is 2.04. The molecule has 0 spiro atoms. The van der Waals surface area contributed by atoms with Crippen LogP contribution in [0.15, 0.2) is 18.2 Å². The molecule has 0 aliphatic heterocycles. The van der Waals surface area contributed by atoms with Crippen LogP contribution < -0.4 is 4.74 Å². The van der Waals surface area contributed by atoms with E-state index in [1.165, 1.54) is 0 Å². The summed E-state index contributed by atoms with van der Waals surface area (Å²) in [5.41, 5.74) is -3.23. The maximum Gasteiger partial charge on any atom is 0.514 e. The fourth-order valence-electron chi connectivity index (χ4n) is 1.21. The van der Waals surface area contributed by atoms with Gasteiger partial charge in [-0.3, -0.25) is 0 Å². The molecule has 0 aromatic heterocycles.